The number of carbonyl (C=O) groups excluding carboxylic acids is 1. The van der Waals surface area contributed by atoms with E-state index in [-0.39, 0.29) is 40.9 Å². The van der Waals surface area contributed by atoms with Crippen LogP contribution in [0.4, 0.5) is 14.6 Å². The Labute approximate surface area is 211 Å². The second-order valence-electron chi connectivity index (χ2n) is 8.81. The number of nitrogens with zero attached hydrogens (tertiary/aromatic N) is 4. The minimum Gasteiger partial charge on any atom is -0.493 e. The van der Waals surface area contributed by atoms with Gasteiger partial charge in [-0.15, -0.1) is 0 Å². The summed E-state index contributed by atoms with van der Waals surface area (Å²) in [6.45, 7) is 5.59. The molecule has 1 unspecified atom stereocenters. The molecular formula is C26H25F2N5O4. The van der Waals surface area contributed by atoms with Crippen LogP contribution in [0.5, 0.6) is 11.5 Å². The van der Waals surface area contributed by atoms with Gasteiger partial charge in [-0.05, 0) is 18.4 Å². The van der Waals surface area contributed by atoms with Gasteiger partial charge in [0.25, 0.3) is 0 Å². The number of methoxy groups -OCH3 is 2. The Kier molecular flexibility index (Phi) is 6.43. The molecule has 0 aliphatic carbocycles. The number of anilines is 1. The van der Waals surface area contributed by atoms with Gasteiger partial charge in [-0.25, -0.2) is 13.8 Å². The molecule has 2 fully saturated rings. The Hall–Kier alpha value is -4.17. The van der Waals surface area contributed by atoms with Gasteiger partial charge in [0.2, 0.25) is 5.91 Å². The minimum absolute atomic E-state index is 0.0942. The average molecular weight is 510 g/mol. The molecule has 5 rings (SSSR count). The molecule has 0 bridgehead atoms. The number of likely N-dealkylation sites (tertiary alicyclic amines) is 1. The SMILES string of the molecule is C=CC(=O)N1CCC(n2nc(C#Cc3c(F)c(OC)cc(OC)c3F)c3c(N)ncc(C4COC4)c32)C1. The van der Waals surface area contributed by atoms with Crippen LogP contribution in [-0.4, -0.2) is 66.1 Å². The molecule has 0 radical (unpaired) electrons. The molecule has 1 atom stereocenters. The Morgan fingerprint density at radius 2 is 1.95 bits per heavy atom. The van der Waals surface area contributed by atoms with Crippen molar-refractivity contribution in [2.75, 3.05) is 46.3 Å². The third-order valence-corrected chi connectivity index (χ3v) is 6.74. The van der Waals surface area contributed by atoms with Crippen molar-refractivity contribution in [3.8, 4) is 23.3 Å². The maximum Gasteiger partial charge on any atom is 0.246 e. The number of pyridine rings is 1. The van der Waals surface area contributed by atoms with Crippen molar-refractivity contribution in [1.29, 1.82) is 0 Å². The number of carbonyl (C=O) groups is 1. The zero-order chi connectivity index (χ0) is 26.3. The maximum atomic E-state index is 14.9. The highest BCUT2D eigenvalue weighted by Crippen LogP contribution is 2.37. The predicted molar refractivity (Wildman–Crippen MR) is 131 cm³/mol. The monoisotopic (exact) mass is 509 g/mol. The average Bonchev–Trinajstić information content (AvgIpc) is 3.50. The van der Waals surface area contributed by atoms with E-state index in [2.05, 4.69) is 23.4 Å². The number of rotatable bonds is 5. The number of aromatic nitrogens is 3. The number of ether oxygens (including phenoxy) is 3. The number of hydrogen-bond acceptors (Lipinski definition) is 7. The first-order chi connectivity index (χ1) is 17.9. The van der Waals surface area contributed by atoms with Gasteiger partial charge in [0.15, 0.2) is 23.1 Å². The molecule has 2 aliphatic heterocycles. The molecule has 9 nitrogen and oxygen atoms in total. The van der Waals surface area contributed by atoms with Crippen LogP contribution in [0.1, 0.15) is 35.2 Å². The summed E-state index contributed by atoms with van der Waals surface area (Å²) in [5.74, 6) is 3.17. The standard InChI is InChI=1S/C26H25F2N5O4/c1-4-21(34)32-8-7-15(11-32)33-25-17(14-12-37-13-14)10-30-26(29)22(25)18(31-33)6-5-16-23(27)19(35-2)9-20(36-3)24(16)28/h4,9-10,14-15H,1,7-8,11-13H2,2-3H3,(H2,29,30). The van der Waals surface area contributed by atoms with Crippen molar-refractivity contribution in [1.82, 2.24) is 19.7 Å². The summed E-state index contributed by atoms with van der Waals surface area (Å²) >= 11 is 0. The zero-order valence-electron chi connectivity index (χ0n) is 20.4. The van der Waals surface area contributed by atoms with Crippen molar-refractivity contribution in [3.05, 3.63) is 53.4 Å². The van der Waals surface area contributed by atoms with Gasteiger partial charge in [0.1, 0.15) is 17.1 Å². The first-order valence-corrected chi connectivity index (χ1v) is 11.7. The minimum atomic E-state index is -0.954. The predicted octanol–water partition coefficient (Wildman–Crippen LogP) is 2.78. The van der Waals surface area contributed by atoms with Crippen molar-refractivity contribution >= 4 is 22.6 Å². The van der Waals surface area contributed by atoms with E-state index in [1.807, 2.05) is 0 Å². The van der Waals surface area contributed by atoms with Crippen LogP contribution in [-0.2, 0) is 9.53 Å². The van der Waals surface area contributed by atoms with E-state index in [0.717, 1.165) is 17.1 Å². The number of fused-ring (bicyclic) bond motifs is 1. The largest absolute Gasteiger partial charge is 0.493 e. The van der Waals surface area contributed by atoms with Crippen LogP contribution in [0.25, 0.3) is 10.9 Å². The van der Waals surface area contributed by atoms with Gasteiger partial charge >= 0.3 is 0 Å². The second kappa shape index (κ2) is 9.71. The zero-order valence-corrected chi connectivity index (χ0v) is 20.4. The lowest BCUT2D eigenvalue weighted by Gasteiger charge is -2.27. The molecule has 1 aromatic carbocycles. The van der Waals surface area contributed by atoms with Gasteiger partial charge in [-0.3, -0.25) is 9.48 Å². The molecule has 0 spiro atoms. The van der Waals surface area contributed by atoms with E-state index in [9.17, 15) is 13.6 Å². The van der Waals surface area contributed by atoms with E-state index in [1.54, 1.807) is 15.8 Å². The summed E-state index contributed by atoms with van der Waals surface area (Å²) in [6, 6.07) is 0.958. The van der Waals surface area contributed by atoms with Gasteiger partial charge in [-0.1, -0.05) is 12.5 Å². The van der Waals surface area contributed by atoms with Crippen molar-refractivity contribution in [2.24, 2.45) is 0 Å². The number of amides is 1. The number of halogens is 2. The first-order valence-electron chi connectivity index (χ1n) is 11.7. The third-order valence-electron chi connectivity index (χ3n) is 6.74. The van der Waals surface area contributed by atoms with E-state index in [1.165, 1.54) is 20.3 Å². The van der Waals surface area contributed by atoms with Crippen LogP contribution in [0.2, 0.25) is 0 Å². The van der Waals surface area contributed by atoms with Gasteiger partial charge in [-0.2, -0.15) is 5.10 Å². The summed E-state index contributed by atoms with van der Waals surface area (Å²) in [6.07, 6.45) is 3.64. The fourth-order valence-electron chi connectivity index (χ4n) is 4.67. The summed E-state index contributed by atoms with van der Waals surface area (Å²) in [7, 11) is 2.53. The molecule has 192 valence electrons. The van der Waals surface area contributed by atoms with Crippen molar-refractivity contribution in [3.63, 3.8) is 0 Å². The third kappa shape index (κ3) is 4.13. The summed E-state index contributed by atoms with van der Waals surface area (Å²) in [5, 5.41) is 5.21. The molecule has 2 aromatic heterocycles. The summed E-state index contributed by atoms with van der Waals surface area (Å²) in [4.78, 5) is 18.2. The summed E-state index contributed by atoms with van der Waals surface area (Å²) < 4.78 is 47.1. The molecule has 37 heavy (non-hydrogen) atoms. The van der Waals surface area contributed by atoms with Crippen molar-refractivity contribution in [2.45, 2.75) is 18.4 Å². The van der Waals surface area contributed by atoms with E-state index in [0.29, 0.717) is 38.1 Å². The Balaban J connectivity index is 1.68. The molecule has 4 heterocycles. The smallest absolute Gasteiger partial charge is 0.246 e. The van der Waals surface area contributed by atoms with Gasteiger partial charge in [0, 0.05) is 36.8 Å². The highest BCUT2D eigenvalue weighted by Gasteiger charge is 2.32. The quantitative estimate of drug-likeness (QED) is 0.417. The molecule has 2 N–H and O–H groups in total. The lowest BCUT2D eigenvalue weighted by Crippen LogP contribution is -2.28. The van der Waals surface area contributed by atoms with Crippen molar-refractivity contribution < 1.29 is 27.8 Å². The van der Waals surface area contributed by atoms with E-state index in [4.69, 9.17) is 25.0 Å². The fourth-order valence-corrected chi connectivity index (χ4v) is 4.67. The second-order valence-corrected chi connectivity index (χ2v) is 8.81. The van der Waals surface area contributed by atoms with E-state index < -0.39 is 17.2 Å². The van der Waals surface area contributed by atoms with E-state index >= 15 is 0 Å². The molecular weight excluding hydrogens is 484 g/mol. The van der Waals surface area contributed by atoms with Crippen LogP contribution >= 0.6 is 0 Å². The van der Waals surface area contributed by atoms with Crippen LogP contribution in [0.15, 0.2) is 24.9 Å². The lowest BCUT2D eigenvalue weighted by molar-refractivity contribution is -0.125. The molecule has 2 saturated heterocycles. The maximum absolute atomic E-state index is 14.9. The normalized spacial score (nSPS) is 17.3. The summed E-state index contributed by atoms with van der Waals surface area (Å²) in [5.41, 5.74) is 7.61. The molecule has 0 saturated carbocycles. The number of benzene rings is 1. The molecule has 2 aliphatic rings. The molecule has 3 aromatic rings. The Bertz CT molecular complexity index is 1440. The Morgan fingerprint density at radius 1 is 1.24 bits per heavy atom. The number of nitrogen functional groups attached to an aromatic ring is 1. The Morgan fingerprint density at radius 3 is 2.54 bits per heavy atom. The topological polar surface area (TPSA) is 105 Å². The fraction of sp³-hybridized carbons (Fsp3) is 0.346. The molecule has 1 amide bonds. The number of hydrogen-bond donors (Lipinski definition) is 1. The van der Waals surface area contributed by atoms with Crippen LogP contribution in [0, 0.1) is 23.5 Å². The first kappa shape index (κ1) is 24.5. The highest BCUT2D eigenvalue weighted by atomic mass is 19.1. The van der Waals surface area contributed by atoms with Gasteiger partial charge in [0.05, 0.1) is 44.4 Å². The highest BCUT2D eigenvalue weighted by molar-refractivity contribution is 5.95. The molecule has 11 heteroatoms. The van der Waals surface area contributed by atoms with Crippen LogP contribution < -0.4 is 15.2 Å². The number of nitrogens with two attached hydrogens (primary N) is 1. The van der Waals surface area contributed by atoms with Crippen LogP contribution in [0.3, 0.4) is 0 Å². The van der Waals surface area contributed by atoms with Gasteiger partial charge < -0.3 is 24.8 Å². The lowest BCUT2D eigenvalue weighted by atomic mass is 9.96.